The van der Waals surface area contributed by atoms with Crippen molar-refractivity contribution in [2.75, 3.05) is 27.0 Å². The summed E-state index contributed by atoms with van der Waals surface area (Å²) in [5.74, 6) is 0.0564. The smallest absolute Gasteiger partial charge is 0.255 e. The number of thiazole rings is 1. The minimum atomic E-state index is -0.694. The van der Waals surface area contributed by atoms with Crippen molar-refractivity contribution in [2.45, 2.75) is 19.3 Å². The van der Waals surface area contributed by atoms with Crippen LogP contribution in [0.3, 0.4) is 0 Å². The van der Waals surface area contributed by atoms with Crippen LogP contribution in [0.4, 0.5) is 22.5 Å². The fourth-order valence-electron chi connectivity index (χ4n) is 3.32. The second-order valence-electron chi connectivity index (χ2n) is 8.44. The van der Waals surface area contributed by atoms with Crippen LogP contribution in [0, 0.1) is 11.3 Å². The van der Waals surface area contributed by atoms with Crippen molar-refractivity contribution in [2.24, 2.45) is 0 Å². The lowest BCUT2D eigenvalue weighted by atomic mass is 9.85. The number of nitriles is 1. The first-order valence-corrected chi connectivity index (χ1v) is 13.2. The first-order valence-electron chi connectivity index (χ1n) is 10.9. The fraction of sp³-hybridized carbons (Fsp3) is 0.200. The first-order chi connectivity index (χ1) is 17.2. The largest absolute Gasteiger partial charge is 0.322 e. The molecule has 0 spiro atoms. The molecule has 182 valence electrons. The maximum absolute atomic E-state index is 12.9. The van der Waals surface area contributed by atoms with Crippen LogP contribution in [0.25, 0.3) is 10.3 Å². The zero-order valence-corrected chi connectivity index (χ0v) is 22.7. The lowest BCUT2D eigenvalue weighted by molar-refractivity contribution is -0.113. The number of hydrogen-bond acceptors (Lipinski definition) is 8. The number of benzene rings is 2. The van der Waals surface area contributed by atoms with E-state index in [1.807, 2.05) is 67.8 Å². The summed E-state index contributed by atoms with van der Waals surface area (Å²) in [6.45, 7) is 3.63. The summed E-state index contributed by atoms with van der Waals surface area (Å²) < 4.78 is 0.337. The van der Waals surface area contributed by atoms with Gasteiger partial charge < -0.3 is 15.5 Å². The molecule has 0 radical (unpaired) electrons. The van der Waals surface area contributed by atoms with Gasteiger partial charge in [0.1, 0.15) is 5.52 Å². The highest BCUT2D eigenvalue weighted by Gasteiger charge is 2.21. The molecule has 0 unspecified atom stereocenters. The van der Waals surface area contributed by atoms with E-state index in [2.05, 4.69) is 31.7 Å². The summed E-state index contributed by atoms with van der Waals surface area (Å²) in [5, 5.41) is 15.5. The summed E-state index contributed by atoms with van der Waals surface area (Å²) in [7, 11) is 1.83. The third kappa shape index (κ3) is 5.60. The van der Waals surface area contributed by atoms with Crippen LogP contribution < -0.4 is 15.5 Å². The van der Waals surface area contributed by atoms with Crippen molar-refractivity contribution < 1.29 is 9.59 Å². The standard InChI is InChI=1S/C25H22IN7O2S/c1-25(2,14-27)16-7-4-6-15(10-16)21(35)29-17-8-5-9-18(11-17)33(3)23-28-13-19-22(32-23)36-24(30-19)31-20(34)12-26/h4-11,13H,12H2,1-3H3,(H,29,35)(H,30,31,34). The molecular weight excluding hydrogens is 589 g/mol. The van der Waals surface area contributed by atoms with Gasteiger partial charge in [-0.05, 0) is 49.7 Å². The van der Waals surface area contributed by atoms with Gasteiger partial charge in [-0.3, -0.25) is 9.59 Å². The van der Waals surface area contributed by atoms with Gasteiger partial charge in [0.25, 0.3) is 5.91 Å². The number of nitrogens with one attached hydrogen (secondary N) is 2. The number of nitrogens with zero attached hydrogens (tertiary/aromatic N) is 5. The Morgan fingerprint density at radius 2 is 1.92 bits per heavy atom. The van der Waals surface area contributed by atoms with Crippen molar-refractivity contribution in [1.29, 1.82) is 5.26 Å². The Hall–Kier alpha value is -3.63. The highest BCUT2D eigenvalue weighted by atomic mass is 127. The molecule has 0 aliphatic rings. The van der Waals surface area contributed by atoms with Crippen LogP contribution >= 0.6 is 33.9 Å². The zero-order chi connectivity index (χ0) is 25.9. The number of carbonyl (C=O) groups excluding carboxylic acids is 2. The summed E-state index contributed by atoms with van der Waals surface area (Å²) in [5.41, 5.74) is 2.54. The van der Waals surface area contributed by atoms with Crippen molar-refractivity contribution in [3.8, 4) is 6.07 Å². The molecule has 0 fully saturated rings. The van der Waals surface area contributed by atoms with E-state index < -0.39 is 5.41 Å². The lowest BCUT2D eigenvalue weighted by Crippen LogP contribution is -2.17. The van der Waals surface area contributed by atoms with E-state index in [0.29, 0.717) is 37.1 Å². The monoisotopic (exact) mass is 611 g/mol. The highest BCUT2D eigenvalue weighted by molar-refractivity contribution is 14.1. The van der Waals surface area contributed by atoms with E-state index in [0.717, 1.165) is 11.3 Å². The summed E-state index contributed by atoms with van der Waals surface area (Å²) in [6.07, 6.45) is 1.62. The van der Waals surface area contributed by atoms with Gasteiger partial charge in [-0.25, -0.2) is 9.97 Å². The van der Waals surface area contributed by atoms with E-state index >= 15 is 0 Å². The molecule has 0 aliphatic heterocycles. The topological polar surface area (TPSA) is 124 Å². The second kappa shape index (κ2) is 10.5. The number of halogens is 1. The Kier molecular flexibility index (Phi) is 7.46. The summed E-state index contributed by atoms with van der Waals surface area (Å²) in [6, 6.07) is 16.7. The van der Waals surface area contributed by atoms with Gasteiger partial charge in [0.15, 0.2) is 9.96 Å². The number of alkyl halides is 1. The molecule has 2 heterocycles. The predicted octanol–water partition coefficient (Wildman–Crippen LogP) is 5.28. The predicted molar refractivity (Wildman–Crippen MR) is 150 cm³/mol. The van der Waals surface area contributed by atoms with Gasteiger partial charge in [0.2, 0.25) is 11.9 Å². The Morgan fingerprint density at radius 3 is 2.67 bits per heavy atom. The molecule has 36 heavy (non-hydrogen) atoms. The van der Waals surface area contributed by atoms with Crippen LogP contribution in [-0.2, 0) is 10.2 Å². The number of carbonyl (C=O) groups is 2. The molecule has 11 heteroatoms. The number of aromatic nitrogens is 3. The van der Waals surface area contributed by atoms with Gasteiger partial charge in [0, 0.05) is 24.0 Å². The minimum Gasteiger partial charge on any atom is -0.322 e. The third-order valence-corrected chi connectivity index (χ3v) is 7.00. The second-order valence-corrected chi connectivity index (χ2v) is 10.2. The van der Waals surface area contributed by atoms with Gasteiger partial charge in [-0.1, -0.05) is 52.1 Å². The molecule has 2 aromatic carbocycles. The van der Waals surface area contributed by atoms with Crippen LogP contribution in [-0.4, -0.2) is 38.2 Å². The number of amides is 2. The Balaban J connectivity index is 1.53. The Morgan fingerprint density at radius 1 is 1.14 bits per heavy atom. The van der Waals surface area contributed by atoms with Gasteiger partial charge in [-0.2, -0.15) is 10.2 Å². The third-order valence-electron chi connectivity index (χ3n) is 5.42. The van der Waals surface area contributed by atoms with E-state index in [9.17, 15) is 14.9 Å². The number of anilines is 4. The van der Waals surface area contributed by atoms with Crippen molar-refractivity contribution in [1.82, 2.24) is 15.0 Å². The maximum atomic E-state index is 12.9. The van der Waals surface area contributed by atoms with Crippen LogP contribution in [0.1, 0.15) is 29.8 Å². The zero-order valence-electron chi connectivity index (χ0n) is 19.7. The van der Waals surface area contributed by atoms with Crippen molar-refractivity contribution in [3.05, 3.63) is 65.9 Å². The van der Waals surface area contributed by atoms with E-state index in [1.54, 1.807) is 35.4 Å². The molecule has 4 rings (SSSR count). The van der Waals surface area contributed by atoms with Crippen LogP contribution in [0.15, 0.2) is 54.7 Å². The quantitative estimate of drug-likeness (QED) is 0.215. The molecule has 4 aromatic rings. The molecule has 0 saturated heterocycles. The number of rotatable bonds is 7. The van der Waals surface area contributed by atoms with Crippen LogP contribution in [0.5, 0.6) is 0 Å². The minimum absolute atomic E-state index is 0.126. The molecular formula is C25H22IN7O2S. The van der Waals surface area contributed by atoms with Gasteiger partial charge in [0.05, 0.1) is 22.1 Å². The average Bonchev–Trinajstić information content (AvgIpc) is 3.29. The molecule has 0 bridgehead atoms. The SMILES string of the molecule is CN(c1cccc(NC(=O)c2cccc(C(C)(C)C#N)c2)c1)c1ncc2nc(NC(=O)CI)sc2n1. The van der Waals surface area contributed by atoms with Crippen LogP contribution in [0.2, 0.25) is 0 Å². The summed E-state index contributed by atoms with van der Waals surface area (Å²) >= 11 is 3.27. The average molecular weight is 611 g/mol. The fourth-order valence-corrected chi connectivity index (χ4v) is 4.33. The Labute approximate surface area is 225 Å². The molecule has 0 aliphatic carbocycles. The molecule has 0 atom stereocenters. The Bertz CT molecular complexity index is 1500. The lowest BCUT2D eigenvalue weighted by Gasteiger charge is -2.18. The highest BCUT2D eigenvalue weighted by Crippen LogP contribution is 2.29. The first kappa shape index (κ1) is 25.5. The van der Waals surface area contributed by atoms with Gasteiger partial charge in [-0.15, -0.1) is 0 Å². The summed E-state index contributed by atoms with van der Waals surface area (Å²) in [4.78, 5) is 40.4. The molecule has 2 amide bonds. The van der Waals surface area contributed by atoms with Crippen molar-refractivity contribution >= 4 is 78.5 Å². The number of hydrogen-bond donors (Lipinski definition) is 2. The molecule has 0 saturated carbocycles. The molecule has 2 N–H and O–H groups in total. The number of fused-ring (bicyclic) bond motifs is 1. The van der Waals surface area contributed by atoms with Crippen molar-refractivity contribution in [3.63, 3.8) is 0 Å². The van der Waals surface area contributed by atoms with E-state index in [1.165, 1.54) is 11.3 Å². The normalized spacial score (nSPS) is 11.1. The van der Waals surface area contributed by atoms with E-state index in [-0.39, 0.29) is 11.8 Å². The maximum Gasteiger partial charge on any atom is 0.255 e. The van der Waals surface area contributed by atoms with Gasteiger partial charge >= 0.3 is 0 Å². The molecule has 9 nitrogen and oxygen atoms in total. The van der Waals surface area contributed by atoms with E-state index in [4.69, 9.17) is 0 Å². The molecule has 2 aromatic heterocycles.